The number of halogens is 3. The van der Waals surface area contributed by atoms with E-state index in [0.29, 0.717) is 16.8 Å². The first kappa shape index (κ1) is 15.4. The third-order valence-corrected chi connectivity index (χ3v) is 3.43. The molecule has 2 aromatic rings. The number of ketones is 1. The van der Waals surface area contributed by atoms with Crippen molar-refractivity contribution in [3.05, 3.63) is 64.2 Å². The monoisotopic (exact) mass is 310 g/mol. The van der Waals surface area contributed by atoms with Crippen molar-refractivity contribution in [1.82, 2.24) is 0 Å². The van der Waals surface area contributed by atoms with Gasteiger partial charge in [-0.25, -0.2) is 8.78 Å². The molecule has 0 aliphatic carbocycles. The molecule has 2 aromatic carbocycles. The first-order valence-corrected chi connectivity index (χ1v) is 6.68. The van der Waals surface area contributed by atoms with E-state index in [1.165, 1.54) is 6.92 Å². The van der Waals surface area contributed by atoms with Crippen molar-refractivity contribution in [3.63, 3.8) is 0 Å². The van der Waals surface area contributed by atoms with Crippen molar-refractivity contribution in [3.8, 4) is 5.75 Å². The van der Waals surface area contributed by atoms with E-state index in [1.54, 1.807) is 25.1 Å². The van der Waals surface area contributed by atoms with Crippen LogP contribution in [0.4, 0.5) is 8.78 Å². The van der Waals surface area contributed by atoms with E-state index in [9.17, 15) is 13.6 Å². The SMILES string of the molecule is Cc1cc(OC(C)C(=O)c2ccc(F)cc2F)ccc1Cl. The molecule has 1 atom stereocenters. The van der Waals surface area contributed by atoms with Crippen LogP contribution in [0.25, 0.3) is 0 Å². The Bertz CT molecular complexity index is 686. The Morgan fingerprint density at radius 1 is 1.19 bits per heavy atom. The quantitative estimate of drug-likeness (QED) is 0.773. The van der Waals surface area contributed by atoms with E-state index in [0.717, 1.165) is 17.7 Å². The lowest BCUT2D eigenvalue weighted by Gasteiger charge is -2.15. The van der Waals surface area contributed by atoms with E-state index in [-0.39, 0.29) is 5.56 Å². The molecule has 0 aliphatic heterocycles. The molecular weight excluding hydrogens is 298 g/mol. The molecule has 0 aliphatic rings. The minimum atomic E-state index is -0.900. The minimum Gasteiger partial charge on any atom is -0.483 e. The smallest absolute Gasteiger partial charge is 0.205 e. The first-order chi connectivity index (χ1) is 9.88. The van der Waals surface area contributed by atoms with Crippen LogP contribution in [0.2, 0.25) is 5.02 Å². The van der Waals surface area contributed by atoms with Crippen LogP contribution in [-0.2, 0) is 0 Å². The first-order valence-electron chi connectivity index (χ1n) is 6.30. The van der Waals surface area contributed by atoms with Crippen molar-refractivity contribution in [2.45, 2.75) is 20.0 Å². The van der Waals surface area contributed by atoms with Crippen molar-refractivity contribution in [1.29, 1.82) is 0 Å². The Kier molecular flexibility index (Phi) is 4.58. The average molecular weight is 311 g/mol. The number of Topliss-reactive ketones (excluding diaryl/α,β-unsaturated/α-hetero) is 1. The standard InChI is InChI=1S/C16H13ClF2O2/c1-9-7-12(4-6-14(9)17)21-10(2)16(20)13-5-3-11(18)8-15(13)19/h3-8,10H,1-2H3. The molecule has 110 valence electrons. The summed E-state index contributed by atoms with van der Waals surface area (Å²) in [5.74, 6) is -1.73. The van der Waals surface area contributed by atoms with Crippen LogP contribution in [0.1, 0.15) is 22.8 Å². The maximum Gasteiger partial charge on any atom is 0.205 e. The second kappa shape index (κ2) is 6.22. The molecule has 21 heavy (non-hydrogen) atoms. The maximum atomic E-state index is 13.6. The lowest BCUT2D eigenvalue weighted by Crippen LogP contribution is -2.25. The number of aryl methyl sites for hydroxylation is 1. The highest BCUT2D eigenvalue weighted by molar-refractivity contribution is 6.31. The Hall–Kier alpha value is -1.94. The molecule has 2 rings (SSSR count). The Morgan fingerprint density at radius 2 is 1.90 bits per heavy atom. The number of hydrogen-bond donors (Lipinski definition) is 0. The van der Waals surface area contributed by atoms with E-state index in [4.69, 9.17) is 16.3 Å². The van der Waals surface area contributed by atoms with E-state index in [1.807, 2.05) is 0 Å². The van der Waals surface area contributed by atoms with Crippen molar-refractivity contribution < 1.29 is 18.3 Å². The van der Waals surface area contributed by atoms with Gasteiger partial charge < -0.3 is 4.74 Å². The van der Waals surface area contributed by atoms with Gasteiger partial charge in [0.1, 0.15) is 17.4 Å². The number of hydrogen-bond acceptors (Lipinski definition) is 2. The summed E-state index contributed by atoms with van der Waals surface area (Å²) in [5, 5.41) is 0.589. The molecule has 5 heteroatoms. The van der Waals surface area contributed by atoms with Gasteiger partial charge in [0.2, 0.25) is 5.78 Å². The highest BCUT2D eigenvalue weighted by Gasteiger charge is 2.20. The molecular formula is C16H13ClF2O2. The molecule has 0 amide bonds. The minimum absolute atomic E-state index is 0.199. The van der Waals surface area contributed by atoms with E-state index < -0.39 is 23.5 Å². The summed E-state index contributed by atoms with van der Waals surface area (Å²) in [6.07, 6.45) is -0.898. The largest absolute Gasteiger partial charge is 0.483 e. The van der Waals surface area contributed by atoms with Crippen molar-refractivity contribution in [2.75, 3.05) is 0 Å². The van der Waals surface area contributed by atoms with Gasteiger partial charge in [-0.15, -0.1) is 0 Å². The topological polar surface area (TPSA) is 26.3 Å². The predicted octanol–water partition coefficient (Wildman–Crippen LogP) is 4.58. The molecule has 0 heterocycles. The van der Waals surface area contributed by atoms with Gasteiger partial charge in [-0.05, 0) is 49.7 Å². The lowest BCUT2D eigenvalue weighted by atomic mass is 10.1. The molecule has 0 spiro atoms. The second-order valence-corrected chi connectivity index (χ2v) is 5.07. The molecule has 1 unspecified atom stereocenters. The summed E-state index contributed by atoms with van der Waals surface area (Å²) in [4.78, 5) is 12.1. The molecule has 0 saturated carbocycles. The fraction of sp³-hybridized carbons (Fsp3) is 0.188. The second-order valence-electron chi connectivity index (χ2n) is 4.66. The van der Waals surface area contributed by atoms with Gasteiger partial charge in [-0.2, -0.15) is 0 Å². The summed E-state index contributed by atoms with van der Waals surface area (Å²) in [7, 11) is 0. The summed E-state index contributed by atoms with van der Waals surface area (Å²) in [5.41, 5.74) is 0.608. The van der Waals surface area contributed by atoms with Crippen LogP contribution in [0.3, 0.4) is 0 Å². The van der Waals surface area contributed by atoms with Crippen LogP contribution < -0.4 is 4.74 Å². The van der Waals surface area contributed by atoms with E-state index in [2.05, 4.69) is 0 Å². The van der Waals surface area contributed by atoms with Crippen molar-refractivity contribution in [2.24, 2.45) is 0 Å². The number of carbonyl (C=O) groups excluding carboxylic acids is 1. The molecule has 0 aromatic heterocycles. The molecule has 0 N–H and O–H groups in total. The van der Waals surface area contributed by atoms with Crippen molar-refractivity contribution >= 4 is 17.4 Å². The van der Waals surface area contributed by atoms with Gasteiger partial charge in [0.05, 0.1) is 5.56 Å². The Labute approximate surface area is 126 Å². The number of ether oxygens (including phenoxy) is 1. The van der Waals surface area contributed by atoms with Gasteiger partial charge in [0, 0.05) is 11.1 Å². The number of rotatable bonds is 4. The lowest BCUT2D eigenvalue weighted by molar-refractivity contribution is 0.0813. The summed E-state index contributed by atoms with van der Waals surface area (Å²) < 4.78 is 31.9. The van der Waals surface area contributed by atoms with Crippen LogP contribution >= 0.6 is 11.6 Å². The Morgan fingerprint density at radius 3 is 2.52 bits per heavy atom. The molecule has 2 nitrogen and oxygen atoms in total. The highest BCUT2D eigenvalue weighted by atomic mass is 35.5. The zero-order valence-electron chi connectivity index (χ0n) is 11.5. The molecule has 0 fully saturated rings. The summed E-state index contributed by atoms with van der Waals surface area (Å²) in [6.45, 7) is 3.32. The zero-order valence-corrected chi connectivity index (χ0v) is 12.2. The van der Waals surface area contributed by atoms with Gasteiger partial charge in [-0.1, -0.05) is 11.6 Å². The maximum absolute atomic E-state index is 13.6. The van der Waals surface area contributed by atoms with Crippen LogP contribution in [-0.4, -0.2) is 11.9 Å². The third kappa shape index (κ3) is 3.58. The number of carbonyl (C=O) groups is 1. The van der Waals surface area contributed by atoms with Gasteiger partial charge in [0.25, 0.3) is 0 Å². The van der Waals surface area contributed by atoms with Crippen LogP contribution in [0, 0.1) is 18.6 Å². The zero-order chi connectivity index (χ0) is 15.6. The van der Waals surface area contributed by atoms with Crippen LogP contribution in [0.15, 0.2) is 36.4 Å². The fourth-order valence-electron chi connectivity index (χ4n) is 1.86. The van der Waals surface area contributed by atoms with Gasteiger partial charge >= 0.3 is 0 Å². The average Bonchev–Trinajstić information content (AvgIpc) is 2.42. The fourth-order valence-corrected chi connectivity index (χ4v) is 1.97. The van der Waals surface area contributed by atoms with Gasteiger partial charge in [0.15, 0.2) is 6.10 Å². The number of benzene rings is 2. The molecule has 0 bridgehead atoms. The Balaban J connectivity index is 2.17. The predicted molar refractivity (Wildman–Crippen MR) is 77.0 cm³/mol. The summed E-state index contributed by atoms with van der Waals surface area (Å²) >= 11 is 5.90. The van der Waals surface area contributed by atoms with Crippen LogP contribution in [0.5, 0.6) is 5.75 Å². The summed E-state index contributed by atoms with van der Waals surface area (Å²) in [6, 6.07) is 7.79. The van der Waals surface area contributed by atoms with Gasteiger partial charge in [-0.3, -0.25) is 4.79 Å². The highest BCUT2D eigenvalue weighted by Crippen LogP contribution is 2.23. The third-order valence-electron chi connectivity index (χ3n) is 3.01. The molecule has 0 saturated heterocycles. The van der Waals surface area contributed by atoms with E-state index >= 15 is 0 Å². The normalized spacial score (nSPS) is 12.0. The molecule has 0 radical (unpaired) electrons.